The molecule has 0 N–H and O–H groups in total. The zero-order chi connectivity index (χ0) is 28.1. The van der Waals surface area contributed by atoms with Gasteiger partial charge >= 0.3 is 0 Å². The standard InChI is InChI=1S/C42H67N/c1-2-12-28-23-30(22-27(28)11-1)35-24-29-13-4-5-14-31(29)37-25-36-33(41(35)37)17-9-19-39(36)43-38-18-8-7-16-34(38)42-32-15-6-3-10-26(32)20-21-40(42)43/h26-42H,1-25H2. The number of hydrogen-bond acceptors (Lipinski definition) is 1. The molecule has 9 aliphatic carbocycles. The van der Waals surface area contributed by atoms with Crippen molar-refractivity contribution in [1.82, 2.24) is 4.90 Å². The van der Waals surface area contributed by atoms with E-state index in [1.165, 1.54) is 0 Å². The van der Waals surface area contributed by atoms with Crippen molar-refractivity contribution in [2.75, 3.05) is 0 Å². The number of likely N-dealkylation sites (tertiary alicyclic amines) is 1. The summed E-state index contributed by atoms with van der Waals surface area (Å²) in [5.74, 6) is 15.7. The molecule has 9 saturated carbocycles. The van der Waals surface area contributed by atoms with Gasteiger partial charge < -0.3 is 0 Å². The number of nitrogens with zero attached hydrogens (tertiary/aromatic N) is 1. The van der Waals surface area contributed by atoms with Gasteiger partial charge in [0.1, 0.15) is 0 Å². The Hall–Kier alpha value is -0.0400. The Morgan fingerprint density at radius 3 is 1.67 bits per heavy atom. The summed E-state index contributed by atoms with van der Waals surface area (Å²) in [6.07, 6.45) is 40.0. The minimum atomic E-state index is 0.985. The first-order valence-corrected chi connectivity index (χ1v) is 21.1. The maximum Gasteiger partial charge on any atom is 0.0136 e. The van der Waals surface area contributed by atoms with Crippen molar-refractivity contribution in [2.24, 2.45) is 82.9 Å². The molecule has 1 heterocycles. The second-order valence-electron chi connectivity index (χ2n) is 19.3. The molecule has 0 radical (unpaired) electrons. The highest BCUT2D eigenvalue weighted by molar-refractivity contribution is 5.13. The van der Waals surface area contributed by atoms with Crippen LogP contribution < -0.4 is 0 Å². The summed E-state index contributed by atoms with van der Waals surface area (Å²) in [5.41, 5.74) is 0. The van der Waals surface area contributed by atoms with Crippen LogP contribution in [0, 0.1) is 82.9 Å². The average molecular weight is 586 g/mol. The molecule has 43 heavy (non-hydrogen) atoms. The monoisotopic (exact) mass is 586 g/mol. The summed E-state index contributed by atoms with van der Waals surface area (Å²) in [6, 6.07) is 2.97. The Morgan fingerprint density at radius 2 is 0.860 bits per heavy atom. The highest BCUT2D eigenvalue weighted by atomic mass is 15.3. The summed E-state index contributed by atoms with van der Waals surface area (Å²) in [6.45, 7) is 0. The zero-order valence-electron chi connectivity index (χ0n) is 27.9. The van der Waals surface area contributed by atoms with Gasteiger partial charge in [-0.05, 0) is 160 Å². The van der Waals surface area contributed by atoms with E-state index >= 15 is 0 Å². The summed E-state index contributed by atoms with van der Waals surface area (Å²) in [7, 11) is 0. The van der Waals surface area contributed by atoms with E-state index in [1.807, 2.05) is 0 Å². The molecule has 0 aromatic rings. The minimum Gasteiger partial charge on any atom is -0.294 e. The lowest BCUT2D eigenvalue weighted by molar-refractivity contribution is -0.0296. The lowest BCUT2D eigenvalue weighted by atomic mass is 9.54. The average Bonchev–Trinajstić information content (AvgIpc) is 3.76. The first-order valence-electron chi connectivity index (χ1n) is 21.1. The van der Waals surface area contributed by atoms with E-state index in [-0.39, 0.29) is 0 Å². The molecule has 1 nitrogen and oxygen atoms in total. The Kier molecular flexibility index (Phi) is 7.36. The van der Waals surface area contributed by atoms with E-state index in [0.29, 0.717) is 0 Å². The third-order valence-corrected chi connectivity index (χ3v) is 18.2. The molecule has 10 fully saturated rings. The molecule has 0 spiro atoms. The third kappa shape index (κ3) is 4.43. The van der Waals surface area contributed by atoms with Crippen LogP contribution in [0.4, 0.5) is 0 Å². The van der Waals surface area contributed by atoms with E-state index in [9.17, 15) is 0 Å². The van der Waals surface area contributed by atoms with Crippen molar-refractivity contribution in [3.05, 3.63) is 0 Å². The molecule has 0 amide bonds. The Morgan fingerprint density at radius 1 is 0.256 bits per heavy atom. The first-order chi connectivity index (χ1) is 21.3. The van der Waals surface area contributed by atoms with Gasteiger partial charge in [-0.3, -0.25) is 4.90 Å². The smallest absolute Gasteiger partial charge is 0.0136 e. The molecular weight excluding hydrogens is 518 g/mol. The molecule has 1 saturated heterocycles. The van der Waals surface area contributed by atoms with Crippen LogP contribution in [0.5, 0.6) is 0 Å². The topological polar surface area (TPSA) is 3.24 Å². The first kappa shape index (κ1) is 28.0. The molecule has 10 rings (SSSR count). The van der Waals surface area contributed by atoms with Gasteiger partial charge in [0.05, 0.1) is 0 Å². The molecule has 0 aromatic carbocycles. The predicted molar refractivity (Wildman–Crippen MR) is 177 cm³/mol. The van der Waals surface area contributed by atoms with Crippen molar-refractivity contribution in [3.8, 4) is 0 Å². The SMILES string of the molecule is C1CCC2CC(C3CC4CCCCC4C4CC5C(CCCC5N5C6CCCCC6C6C7CCCCC7CCC65)C34)CC2C1. The fourth-order valence-electron chi connectivity index (χ4n) is 17.2. The summed E-state index contributed by atoms with van der Waals surface area (Å²) in [4.78, 5) is 3.46. The van der Waals surface area contributed by atoms with Gasteiger partial charge in [0.2, 0.25) is 0 Å². The van der Waals surface area contributed by atoms with Crippen molar-refractivity contribution in [2.45, 2.75) is 179 Å². The van der Waals surface area contributed by atoms with E-state index in [1.54, 1.807) is 161 Å². The lowest BCUT2D eigenvalue weighted by Gasteiger charge is -2.52. The number of hydrogen-bond donors (Lipinski definition) is 0. The lowest BCUT2D eigenvalue weighted by Crippen LogP contribution is -2.53. The van der Waals surface area contributed by atoms with Gasteiger partial charge in [-0.1, -0.05) is 83.5 Å². The second kappa shape index (κ2) is 11.3. The van der Waals surface area contributed by atoms with Crippen LogP contribution in [0.3, 0.4) is 0 Å². The van der Waals surface area contributed by atoms with Crippen LogP contribution in [0.25, 0.3) is 0 Å². The molecule has 1 heteroatoms. The van der Waals surface area contributed by atoms with Crippen molar-refractivity contribution >= 4 is 0 Å². The second-order valence-corrected chi connectivity index (χ2v) is 19.3. The van der Waals surface area contributed by atoms with Crippen LogP contribution in [0.2, 0.25) is 0 Å². The normalized spacial score (nSPS) is 57.9. The predicted octanol–water partition coefficient (Wildman–Crippen LogP) is 10.9. The van der Waals surface area contributed by atoms with Gasteiger partial charge in [-0.2, -0.15) is 0 Å². The fourth-order valence-corrected chi connectivity index (χ4v) is 17.2. The molecule has 1 aliphatic heterocycles. The van der Waals surface area contributed by atoms with Gasteiger partial charge in [0.25, 0.3) is 0 Å². The van der Waals surface area contributed by atoms with Crippen LogP contribution in [0.15, 0.2) is 0 Å². The van der Waals surface area contributed by atoms with Crippen molar-refractivity contribution < 1.29 is 0 Å². The highest BCUT2D eigenvalue weighted by Gasteiger charge is 2.62. The summed E-state index contributed by atoms with van der Waals surface area (Å²) >= 11 is 0. The summed E-state index contributed by atoms with van der Waals surface area (Å²) in [5, 5.41) is 0. The van der Waals surface area contributed by atoms with E-state index < -0.39 is 0 Å². The maximum atomic E-state index is 3.46. The quantitative estimate of drug-likeness (QED) is 0.311. The van der Waals surface area contributed by atoms with E-state index in [2.05, 4.69) is 4.90 Å². The maximum absolute atomic E-state index is 3.46. The largest absolute Gasteiger partial charge is 0.294 e. The Balaban J connectivity index is 0.971. The number of rotatable bonds is 2. The van der Waals surface area contributed by atoms with Gasteiger partial charge in [-0.25, -0.2) is 0 Å². The van der Waals surface area contributed by atoms with Gasteiger partial charge in [0, 0.05) is 18.1 Å². The molecule has 0 aromatic heterocycles. The summed E-state index contributed by atoms with van der Waals surface area (Å²) < 4.78 is 0. The van der Waals surface area contributed by atoms with Crippen molar-refractivity contribution in [1.29, 1.82) is 0 Å². The van der Waals surface area contributed by atoms with Crippen LogP contribution in [-0.2, 0) is 0 Å². The van der Waals surface area contributed by atoms with E-state index in [4.69, 9.17) is 0 Å². The Labute approximate surface area is 265 Å². The Bertz CT molecular complexity index is 989. The minimum absolute atomic E-state index is 0.985. The number of fused-ring (bicyclic) bond motifs is 11. The highest BCUT2D eigenvalue weighted by Crippen LogP contribution is 2.66. The molecule has 16 atom stereocenters. The van der Waals surface area contributed by atoms with Crippen LogP contribution in [0.1, 0.15) is 161 Å². The van der Waals surface area contributed by atoms with Crippen LogP contribution >= 0.6 is 0 Å². The molecule has 240 valence electrons. The van der Waals surface area contributed by atoms with Crippen molar-refractivity contribution in [3.63, 3.8) is 0 Å². The molecule has 10 aliphatic rings. The third-order valence-electron chi connectivity index (χ3n) is 18.2. The molecule has 16 unspecified atom stereocenters. The van der Waals surface area contributed by atoms with Crippen LogP contribution in [-0.4, -0.2) is 23.0 Å². The molecule has 0 bridgehead atoms. The van der Waals surface area contributed by atoms with Gasteiger partial charge in [0.15, 0.2) is 0 Å². The fraction of sp³-hybridized carbons (Fsp3) is 1.00. The molecular formula is C42H67N. The van der Waals surface area contributed by atoms with Gasteiger partial charge in [-0.15, -0.1) is 0 Å². The zero-order valence-corrected chi connectivity index (χ0v) is 27.9. The van der Waals surface area contributed by atoms with E-state index in [0.717, 1.165) is 101 Å².